The van der Waals surface area contributed by atoms with E-state index in [0.29, 0.717) is 10.8 Å². The van der Waals surface area contributed by atoms with Gasteiger partial charge in [0.25, 0.3) is 0 Å². The Morgan fingerprint density at radius 1 is 0.931 bits per heavy atom. The van der Waals surface area contributed by atoms with Gasteiger partial charge in [0.2, 0.25) is 0 Å². The lowest BCUT2D eigenvalue weighted by Gasteiger charge is -2.18. The number of cyclic esters (lactones) is 1. The maximum Gasteiger partial charge on any atom is 0.408 e. The Balaban J connectivity index is 1.63. The third kappa shape index (κ3) is 4.37. The second-order valence-corrected chi connectivity index (χ2v) is 7.05. The molecule has 0 aromatic heterocycles. The minimum atomic E-state index is -0.450. The molecule has 5 heteroatoms. The highest BCUT2D eigenvalue weighted by molar-refractivity contribution is 6.30. The highest BCUT2D eigenvalue weighted by Crippen LogP contribution is 2.37. The number of carbonyl (C=O) groups is 1. The zero-order valence-electron chi connectivity index (χ0n) is 15.7. The fourth-order valence-corrected chi connectivity index (χ4v) is 3.47. The van der Waals surface area contributed by atoms with Crippen molar-refractivity contribution in [1.29, 1.82) is 0 Å². The maximum absolute atomic E-state index is 12.0. The molecule has 1 aliphatic rings. The van der Waals surface area contributed by atoms with E-state index in [1.165, 1.54) is 0 Å². The summed E-state index contributed by atoms with van der Waals surface area (Å²) >= 11 is 6.02. The summed E-state index contributed by atoms with van der Waals surface area (Å²) < 4.78 is 10.8. The Kier molecular flexibility index (Phi) is 5.41. The highest BCUT2D eigenvalue weighted by atomic mass is 35.5. The molecule has 1 saturated heterocycles. The first-order valence-electron chi connectivity index (χ1n) is 9.11. The van der Waals surface area contributed by atoms with Crippen LogP contribution in [0.4, 0.5) is 4.79 Å². The van der Waals surface area contributed by atoms with Crippen molar-refractivity contribution < 1.29 is 14.3 Å². The van der Waals surface area contributed by atoms with Gasteiger partial charge in [0.05, 0.1) is 13.2 Å². The molecule has 1 N–H and O–H groups in total. The van der Waals surface area contributed by atoms with E-state index in [4.69, 9.17) is 21.1 Å². The van der Waals surface area contributed by atoms with Crippen LogP contribution in [0.15, 0.2) is 72.8 Å². The van der Waals surface area contributed by atoms with Gasteiger partial charge in [0.1, 0.15) is 5.75 Å². The van der Waals surface area contributed by atoms with Gasteiger partial charge in [-0.25, -0.2) is 4.79 Å². The number of ether oxygens (including phenoxy) is 2. The standard InChI is InChI=1S/C24H18ClNO3/c1-28-21-10-4-8-19(15-21)23-22(26-24(27)29-23)18-7-2-5-16(13-18)11-12-17-6-3-9-20(25)14-17/h2-10,13-15,22-23H,1H3,(H,26,27)/t22-,23-/m1/s1. The van der Waals surface area contributed by atoms with Crippen LogP contribution in [0.25, 0.3) is 0 Å². The molecule has 29 heavy (non-hydrogen) atoms. The summed E-state index contributed by atoms with van der Waals surface area (Å²) in [4.78, 5) is 12.0. The Hall–Kier alpha value is -3.42. The fraction of sp³-hybridized carbons (Fsp3) is 0.125. The number of hydrogen-bond acceptors (Lipinski definition) is 3. The Bertz CT molecular complexity index is 1120. The Labute approximate surface area is 174 Å². The zero-order valence-corrected chi connectivity index (χ0v) is 16.4. The van der Waals surface area contributed by atoms with Gasteiger partial charge in [-0.2, -0.15) is 0 Å². The van der Waals surface area contributed by atoms with Crippen molar-refractivity contribution in [2.24, 2.45) is 0 Å². The van der Waals surface area contributed by atoms with Gasteiger partial charge in [-0.3, -0.25) is 0 Å². The molecule has 1 fully saturated rings. The number of nitrogens with one attached hydrogen (secondary N) is 1. The molecule has 0 aliphatic carbocycles. The normalized spacial score (nSPS) is 17.7. The van der Waals surface area contributed by atoms with Crippen molar-refractivity contribution in [3.05, 3.63) is 100 Å². The number of methoxy groups -OCH3 is 1. The van der Waals surface area contributed by atoms with Crippen LogP contribution in [0.1, 0.15) is 34.4 Å². The van der Waals surface area contributed by atoms with Crippen LogP contribution in [-0.4, -0.2) is 13.2 Å². The topological polar surface area (TPSA) is 47.6 Å². The van der Waals surface area contributed by atoms with Crippen LogP contribution < -0.4 is 10.1 Å². The number of benzene rings is 3. The van der Waals surface area contributed by atoms with E-state index >= 15 is 0 Å². The largest absolute Gasteiger partial charge is 0.497 e. The lowest BCUT2D eigenvalue weighted by molar-refractivity contribution is 0.132. The number of halogens is 1. The van der Waals surface area contributed by atoms with Crippen LogP contribution in [0, 0.1) is 11.8 Å². The van der Waals surface area contributed by atoms with Crippen LogP contribution in [0.2, 0.25) is 5.02 Å². The van der Waals surface area contributed by atoms with Gasteiger partial charge < -0.3 is 14.8 Å². The van der Waals surface area contributed by atoms with E-state index in [9.17, 15) is 4.79 Å². The summed E-state index contributed by atoms with van der Waals surface area (Å²) in [6.45, 7) is 0. The van der Waals surface area contributed by atoms with Crippen LogP contribution >= 0.6 is 11.6 Å². The average molecular weight is 404 g/mol. The molecule has 144 valence electrons. The number of amides is 1. The van der Waals surface area contributed by atoms with E-state index in [1.54, 1.807) is 7.11 Å². The Morgan fingerprint density at radius 3 is 2.38 bits per heavy atom. The molecule has 1 aliphatic heterocycles. The molecule has 1 heterocycles. The van der Waals surface area contributed by atoms with Crippen molar-refractivity contribution in [1.82, 2.24) is 5.32 Å². The maximum atomic E-state index is 12.0. The minimum Gasteiger partial charge on any atom is -0.497 e. The van der Waals surface area contributed by atoms with Gasteiger partial charge in [-0.15, -0.1) is 0 Å². The van der Waals surface area contributed by atoms with Crippen LogP contribution in [0.3, 0.4) is 0 Å². The van der Waals surface area contributed by atoms with Crippen molar-refractivity contribution in [2.45, 2.75) is 12.1 Å². The molecule has 0 bridgehead atoms. The molecule has 0 saturated carbocycles. The molecule has 4 nitrogen and oxygen atoms in total. The molecular weight excluding hydrogens is 386 g/mol. The number of hydrogen-bond donors (Lipinski definition) is 1. The summed E-state index contributed by atoms with van der Waals surface area (Å²) in [5.74, 6) is 6.98. The molecule has 1 amide bonds. The molecule has 0 radical (unpaired) electrons. The quantitative estimate of drug-likeness (QED) is 0.606. The SMILES string of the molecule is COc1cccc([C@H]2OC(=O)N[C@@H]2c2cccc(C#Cc3cccc(Cl)c3)c2)c1. The van der Waals surface area contributed by atoms with Gasteiger partial charge in [0, 0.05) is 16.1 Å². The minimum absolute atomic E-state index is 0.317. The van der Waals surface area contributed by atoms with E-state index in [-0.39, 0.29) is 6.04 Å². The summed E-state index contributed by atoms with van der Waals surface area (Å²) in [6.07, 6.45) is -0.896. The summed E-state index contributed by atoms with van der Waals surface area (Å²) in [6, 6.07) is 22.4. The van der Waals surface area contributed by atoms with E-state index < -0.39 is 12.2 Å². The van der Waals surface area contributed by atoms with E-state index in [0.717, 1.165) is 22.3 Å². The molecule has 3 aromatic rings. The number of carbonyl (C=O) groups excluding carboxylic acids is 1. The lowest BCUT2D eigenvalue weighted by atomic mass is 9.95. The molecular formula is C24H18ClNO3. The predicted octanol–water partition coefficient (Wildman–Crippen LogP) is 5.27. The second kappa shape index (κ2) is 8.30. The molecule has 3 aromatic carbocycles. The monoisotopic (exact) mass is 403 g/mol. The molecule has 0 unspecified atom stereocenters. The number of rotatable bonds is 3. The van der Waals surface area contributed by atoms with E-state index in [1.807, 2.05) is 72.8 Å². The lowest BCUT2D eigenvalue weighted by Crippen LogP contribution is -2.19. The fourth-order valence-electron chi connectivity index (χ4n) is 3.28. The van der Waals surface area contributed by atoms with Gasteiger partial charge >= 0.3 is 6.09 Å². The third-order valence-electron chi connectivity index (χ3n) is 4.65. The molecule has 2 atom stereocenters. The average Bonchev–Trinajstić information content (AvgIpc) is 3.14. The highest BCUT2D eigenvalue weighted by Gasteiger charge is 2.36. The summed E-state index contributed by atoms with van der Waals surface area (Å²) in [7, 11) is 1.61. The van der Waals surface area contributed by atoms with E-state index in [2.05, 4.69) is 17.2 Å². The van der Waals surface area contributed by atoms with Crippen molar-refractivity contribution in [3.8, 4) is 17.6 Å². The van der Waals surface area contributed by atoms with Gasteiger partial charge in [0.15, 0.2) is 6.10 Å². The van der Waals surface area contributed by atoms with Crippen LogP contribution in [-0.2, 0) is 4.74 Å². The van der Waals surface area contributed by atoms with Crippen LogP contribution in [0.5, 0.6) is 5.75 Å². The smallest absolute Gasteiger partial charge is 0.408 e. The van der Waals surface area contributed by atoms with Crippen molar-refractivity contribution in [3.63, 3.8) is 0 Å². The molecule has 4 rings (SSSR count). The number of alkyl carbamates (subject to hydrolysis) is 1. The van der Waals surface area contributed by atoms with Gasteiger partial charge in [-0.05, 0) is 53.6 Å². The first-order valence-corrected chi connectivity index (χ1v) is 9.49. The third-order valence-corrected chi connectivity index (χ3v) is 4.89. The van der Waals surface area contributed by atoms with Gasteiger partial charge in [-0.1, -0.05) is 53.8 Å². The predicted molar refractivity (Wildman–Crippen MR) is 112 cm³/mol. The first-order chi connectivity index (χ1) is 14.1. The Morgan fingerprint density at radius 2 is 1.62 bits per heavy atom. The van der Waals surface area contributed by atoms with Crippen molar-refractivity contribution in [2.75, 3.05) is 7.11 Å². The summed E-state index contributed by atoms with van der Waals surface area (Å²) in [5, 5.41) is 3.55. The summed E-state index contributed by atoms with van der Waals surface area (Å²) in [5.41, 5.74) is 3.47. The first kappa shape index (κ1) is 18.9. The molecule has 0 spiro atoms. The zero-order chi connectivity index (χ0) is 20.2. The second-order valence-electron chi connectivity index (χ2n) is 6.61. The van der Waals surface area contributed by atoms with Crippen molar-refractivity contribution >= 4 is 17.7 Å².